The summed E-state index contributed by atoms with van der Waals surface area (Å²) < 4.78 is 34.2. The molecule has 0 saturated heterocycles. The lowest BCUT2D eigenvalue weighted by Crippen LogP contribution is -2.22. The first-order chi connectivity index (χ1) is 12.8. The Morgan fingerprint density at radius 3 is 2.63 bits per heavy atom. The van der Waals surface area contributed by atoms with Crippen molar-refractivity contribution in [1.29, 1.82) is 0 Å². The molecular weight excluding hydrogens is 364 g/mol. The van der Waals surface area contributed by atoms with Gasteiger partial charge >= 0.3 is 12.6 Å². The summed E-state index contributed by atoms with van der Waals surface area (Å²) >= 11 is 0. The molecule has 2 rings (SSSR count). The Morgan fingerprint density at radius 2 is 2.00 bits per heavy atom. The number of nitrogens with one attached hydrogen (secondary N) is 2. The number of nitrogens with two attached hydrogens (primary N) is 1. The lowest BCUT2D eigenvalue weighted by atomic mass is 9.87. The molecule has 0 unspecified atom stereocenters. The van der Waals surface area contributed by atoms with Crippen LogP contribution in [0.5, 0.6) is 5.75 Å². The summed E-state index contributed by atoms with van der Waals surface area (Å²) in [4.78, 5) is 35.6. The summed E-state index contributed by atoms with van der Waals surface area (Å²) in [6.45, 7) is -1.21. The largest absolute Gasteiger partial charge is 0.466 e. The minimum absolute atomic E-state index is 0.107. The second-order valence-corrected chi connectivity index (χ2v) is 5.63. The summed E-state index contributed by atoms with van der Waals surface area (Å²) in [6, 6.07) is 5.61. The zero-order valence-corrected chi connectivity index (χ0v) is 14.5. The predicted octanol–water partition coefficient (Wildman–Crippen LogP) is 1.42. The second kappa shape index (κ2) is 8.97. The number of carbonyl (C=O) groups is 2. The highest BCUT2D eigenvalue weighted by Gasteiger charge is 2.26. The van der Waals surface area contributed by atoms with Crippen LogP contribution in [0.1, 0.15) is 36.1 Å². The lowest BCUT2D eigenvalue weighted by Gasteiger charge is -2.17. The van der Waals surface area contributed by atoms with E-state index in [0.717, 1.165) is 0 Å². The van der Waals surface area contributed by atoms with Crippen LogP contribution in [0.25, 0.3) is 0 Å². The van der Waals surface area contributed by atoms with Crippen molar-refractivity contribution in [3.05, 3.63) is 51.4 Å². The Bertz CT molecular complexity index is 862. The number of hydrogen-bond donors (Lipinski definition) is 3. The van der Waals surface area contributed by atoms with E-state index in [9.17, 15) is 23.2 Å². The summed E-state index contributed by atoms with van der Waals surface area (Å²) in [7, 11) is 0. The van der Waals surface area contributed by atoms with Gasteiger partial charge in [-0.2, -0.15) is 8.78 Å². The van der Waals surface area contributed by atoms with Gasteiger partial charge in [-0.05, 0) is 24.6 Å². The summed E-state index contributed by atoms with van der Waals surface area (Å²) in [5.41, 5.74) is 5.44. The molecule has 10 heteroatoms. The Kier molecular flexibility index (Phi) is 6.69. The molecule has 0 aliphatic heterocycles. The molecule has 0 aliphatic carbocycles. The highest BCUT2D eigenvalue weighted by molar-refractivity contribution is 5.76. The van der Waals surface area contributed by atoms with Crippen molar-refractivity contribution in [2.24, 2.45) is 5.73 Å². The minimum Gasteiger partial charge on any atom is -0.466 e. The molecule has 1 aromatic heterocycles. The topological polar surface area (TPSA) is 127 Å². The zero-order chi connectivity index (χ0) is 20.0. The smallest absolute Gasteiger partial charge is 0.387 e. The quantitative estimate of drug-likeness (QED) is 0.564. The Balaban J connectivity index is 2.46. The van der Waals surface area contributed by atoms with Crippen molar-refractivity contribution in [2.75, 3.05) is 6.61 Å². The van der Waals surface area contributed by atoms with E-state index in [2.05, 4.69) is 14.9 Å². The number of amides is 1. The molecule has 0 saturated carbocycles. The van der Waals surface area contributed by atoms with Crippen molar-refractivity contribution in [3.63, 3.8) is 0 Å². The second-order valence-electron chi connectivity index (χ2n) is 5.63. The molecule has 1 amide bonds. The third-order valence-corrected chi connectivity index (χ3v) is 3.76. The van der Waals surface area contributed by atoms with Gasteiger partial charge in [-0.1, -0.05) is 12.1 Å². The van der Waals surface area contributed by atoms with Gasteiger partial charge in [-0.3, -0.25) is 19.5 Å². The van der Waals surface area contributed by atoms with Gasteiger partial charge in [0.1, 0.15) is 5.75 Å². The average Bonchev–Trinajstić information content (AvgIpc) is 2.92. The number of esters is 1. The van der Waals surface area contributed by atoms with Gasteiger partial charge in [0.2, 0.25) is 5.91 Å². The van der Waals surface area contributed by atoms with E-state index in [1.54, 1.807) is 13.0 Å². The summed E-state index contributed by atoms with van der Waals surface area (Å²) in [5, 5.41) is 4.96. The molecule has 0 bridgehead atoms. The third-order valence-electron chi connectivity index (χ3n) is 3.76. The fourth-order valence-electron chi connectivity index (χ4n) is 2.76. The Labute approximate surface area is 152 Å². The highest BCUT2D eigenvalue weighted by atomic mass is 19.3. The van der Waals surface area contributed by atoms with Crippen LogP contribution in [-0.2, 0) is 20.7 Å². The molecule has 0 radical (unpaired) electrons. The minimum atomic E-state index is -3.02. The number of primary amides is 1. The number of benzene rings is 1. The first-order valence-electron chi connectivity index (χ1n) is 8.09. The van der Waals surface area contributed by atoms with E-state index in [0.29, 0.717) is 5.56 Å². The fourth-order valence-corrected chi connectivity index (χ4v) is 2.76. The molecular formula is C17H19F2N3O5. The number of hydrogen-bond acceptors (Lipinski definition) is 5. The van der Waals surface area contributed by atoms with Crippen LogP contribution >= 0.6 is 0 Å². The van der Waals surface area contributed by atoms with E-state index in [1.165, 1.54) is 18.2 Å². The normalized spacial score (nSPS) is 12.0. The van der Waals surface area contributed by atoms with E-state index >= 15 is 0 Å². The number of alkyl halides is 2. The van der Waals surface area contributed by atoms with Crippen LogP contribution in [0.3, 0.4) is 0 Å². The average molecular weight is 383 g/mol. The molecule has 0 aliphatic rings. The van der Waals surface area contributed by atoms with Crippen LogP contribution < -0.4 is 16.0 Å². The number of aromatic nitrogens is 2. The first kappa shape index (κ1) is 20.1. The molecule has 146 valence electrons. The van der Waals surface area contributed by atoms with Gasteiger partial charge < -0.3 is 20.3 Å². The van der Waals surface area contributed by atoms with Crippen LogP contribution in [0.2, 0.25) is 0 Å². The number of ether oxygens (including phenoxy) is 2. The molecule has 1 aromatic carbocycles. The fraction of sp³-hybridized carbons (Fsp3) is 0.353. The molecule has 4 N–H and O–H groups in total. The van der Waals surface area contributed by atoms with Crippen molar-refractivity contribution < 1.29 is 27.8 Å². The standard InChI is InChI=1S/C17H19F2N3O5/c1-2-26-14(24)8-12-15(16(25)22-21-12)11(7-13(20)23)9-4-3-5-10(6-9)27-17(18)19/h3-6,11,17H,2,7-8H2,1H3,(H2,20,23)(H2,21,22,25)/t11-/m1/s1. The maximum absolute atomic E-state index is 12.5. The van der Waals surface area contributed by atoms with Gasteiger partial charge in [0, 0.05) is 17.9 Å². The molecule has 1 heterocycles. The number of rotatable bonds is 9. The van der Waals surface area contributed by atoms with Gasteiger partial charge in [-0.25, -0.2) is 0 Å². The van der Waals surface area contributed by atoms with Crippen molar-refractivity contribution >= 4 is 11.9 Å². The number of aromatic amines is 2. The third kappa shape index (κ3) is 5.40. The Hall–Kier alpha value is -3.17. The summed E-state index contributed by atoms with van der Waals surface area (Å²) in [6.07, 6.45) is -0.501. The van der Waals surface area contributed by atoms with E-state index < -0.39 is 30.0 Å². The zero-order valence-electron chi connectivity index (χ0n) is 14.5. The highest BCUT2D eigenvalue weighted by Crippen LogP contribution is 2.30. The van der Waals surface area contributed by atoms with Crippen molar-refractivity contribution in [2.45, 2.75) is 32.3 Å². The molecule has 2 aromatic rings. The van der Waals surface area contributed by atoms with Crippen LogP contribution in [0, 0.1) is 0 Å². The van der Waals surface area contributed by atoms with Crippen LogP contribution in [0.15, 0.2) is 29.1 Å². The maximum atomic E-state index is 12.5. The van der Waals surface area contributed by atoms with Gasteiger partial charge in [0.25, 0.3) is 5.56 Å². The molecule has 0 spiro atoms. The van der Waals surface area contributed by atoms with E-state index in [-0.39, 0.29) is 36.5 Å². The predicted molar refractivity (Wildman–Crippen MR) is 90.5 cm³/mol. The maximum Gasteiger partial charge on any atom is 0.387 e. The van der Waals surface area contributed by atoms with Crippen LogP contribution in [0.4, 0.5) is 8.78 Å². The van der Waals surface area contributed by atoms with Gasteiger partial charge in [-0.15, -0.1) is 0 Å². The van der Waals surface area contributed by atoms with Crippen molar-refractivity contribution in [3.8, 4) is 5.75 Å². The van der Waals surface area contributed by atoms with E-state index in [4.69, 9.17) is 10.5 Å². The molecule has 8 nitrogen and oxygen atoms in total. The number of carbonyl (C=O) groups excluding carboxylic acids is 2. The first-order valence-corrected chi connectivity index (χ1v) is 8.09. The van der Waals surface area contributed by atoms with Crippen molar-refractivity contribution in [1.82, 2.24) is 10.2 Å². The van der Waals surface area contributed by atoms with Gasteiger partial charge in [0.05, 0.1) is 18.7 Å². The SMILES string of the molecule is CCOC(=O)Cc1[nH][nH]c(=O)c1[C@H](CC(N)=O)c1cccc(OC(F)F)c1. The lowest BCUT2D eigenvalue weighted by molar-refractivity contribution is -0.142. The number of halogens is 2. The van der Waals surface area contributed by atoms with Gasteiger partial charge in [0.15, 0.2) is 0 Å². The number of H-pyrrole nitrogens is 2. The molecule has 27 heavy (non-hydrogen) atoms. The van der Waals surface area contributed by atoms with E-state index in [1.807, 2.05) is 0 Å². The van der Waals surface area contributed by atoms with Crippen LogP contribution in [-0.4, -0.2) is 35.3 Å². The monoisotopic (exact) mass is 383 g/mol. The Morgan fingerprint density at radius 1 is 1.26 bits per heavy atom. The molecule has 0 fully saturated rings. The summed E-state index contributed by atoms with van der Waals surface area (Å²) in [5.74, 6) is -2.26. The molecule has 1 atom stereocenters.